The van der Waals surface area contributed by atoms with Crippen LogP contribution in [-0.2, 0) is 29.6 Å². The quantitative estimate of drug-likeness (QED) is 0.473. The zero-order chi connectivity index (χ0) is 22.2. The number of aliphatic carboxylic acids is 1. The average Bonchev–Trinajstić information content (AvgIpc) is 2.55. The zero-order valence-corrected chi connectivity index (χ0v) is 18.0. The van der Waals surface area contributed by atoms with E-state index in [1.165, 1.54) is 18.2 Å². The summed E-state index contributed by atoms with van der Waals surface area (Å²) in [5.74, 6) is -1.81. The standard InChI is InChI=1S/C18H28NO9P/c1-6-25-29(24,26-7-2)28-15-11-12(8-9-14(15)20)10-13(16(21)22)19-17(23)27-18(3,4)5/h8-9,11,13,20H,6-7,10H2,1-5H3,(H,19,23)(H,21,22)/t13-/m0/s1. The molecule has 0 fully saturated rings. The van der Waals surface area contributed by atoms with Crippen LogP contribution in [0.5, 0.6) is 11.5 Å². The number of carboxylic acids is 1. The zero-order valence-electron chi connectivity index (χ0n) is 17.1. The van der Waals surface area contributed by atoms with Crippen LogP contribution in [0.3, 0.4) is 0 Å². The fourth-order valence-corrected chi connectivity index (χ4v) is 3.37. The van der Waals surface area contributed by atoms with E-state index in [-0.39, 0.29) is 31.1 Å². The van der Waals surface area contributed by atoms with Crippen molar-refractivity contribution in [2.24, 2.45) is 0 Å². The van der Waals surface area contributed by atoms with Crippen molar-refractivity contribution in [3.63, 3.8) is 0 Å². The number of benzene rings is 1. The maximum Gasteiger partial charge on any atom is 0.530 e. The van der Waals surface area contributed by atoms with Crippen LogP contribution in [0.15, 0.2) is 18.2 Å². The molecule has 1 atom stereocenters. The maximum absolute atomic E-state index is 12.5. The van der Waals surface area contributed by atoms with E-state index in [1.54, 1.807) is 34.6 Å². The molecule has 0 aliphatic heterocycles. The number of ether oxygens (including phenoxy) is 1. The van der Waals surface area contributed by atoms with Crippen molar-refractivity contribution in [2.75, 3.05) is 13.2 Å². The first-order chi connectivity index (χ1) is 13.4. The summed E-state index contributed by atoms with van der Waals surface area (Å²) in [5, 5.41) is 21.7. The number of hydrogen-bond acceptors (Lipinski definition) is 8. The van der Waals surface area contributed by atoms with Crippen LogP contribution in [0.25, 0.3) is 0 Å². The fourth-order valence-electron chi connectivity index (χ4n) is 2.17. The summed E-state index contributed by atoms with van der Waals surface area (Å²) < 4.78 is 32.9. The number of amides is 1. The van der Waals surface area contributed by atoms with Gasteiger partial charge in [-0.1, -0.05) is 6.07 Å². The first-order valence-corrected chi connectivity index (χ1v) is 10.5. The normalized spacial score (nSPS) is 12.9. The Kier molecular flexibility index (Phi) is 8.94. The van der Waals surface area contributed by atoms with Crippen LogP contribution >= 0.6 is 7.82 Å². The molecule has 0 radical (unpaired) electrons. The van der Waals surface area contributed by atoms with Crippen molar-refractivity contribution in [3.8, 4) is 11.5 Å². The summed E-state index contributed by atoms with van der Waals surface area (Å²) in [4.78, 5) is 23.4. The molecule has 3 N–H and O–H groups in total. The number of phosphoric acid groups is 1. The molecule has 0 aliphatic carbocycles. The molecule has 1 aromatic rings. The third kappa shape index (κ3) is 8.72. The van der Waals surface area contributed by atoms with E-state index in [9.17, 15) is 24.4 Å². The van der Waals surface area contributed by atoms with E-state index < -0.39 is 31.5 Å². The number of hydrogen-bond donors (Lipinski definition) is 3. The molecular weight excluding hydrogens is 405 g/mol. The number of carbonyl (C=O) groups is 2. The Balaban J connectivity index is 3.00. The second-order valence-electron chi connectivity index (χ2n) is 6.92. The van der Waals surface area contributed by atoms with E-state index in [0.29, 0.717) is 5.56 Å². The molecule has 0 saturated heterocycles. The van der Waals surface area contributed by atoms with Crippen molar-refractivity contribution in [1.82, 2.24) is 5.32 Å². The van der Waals surface area contributed by atoms with Gasteiger partial charge < -0.3 is 24.8 Å². The number of nitrogens with one attached hydrogen (secondary N) is 1. The van der Waals surface area contributed by atoms with Gasteiger partial charge in [0.1, 0.15) is 11.6 Å². The molecule has 1 aromatic carbocycles. The maximum atomic E-state index is 12.5. The topological polar surface area (TPSA) is 141 Å². The number of phosphoric ester groups is 1. The third-order valence-corrected chi connectivity index (χ3v) is 4.81. The van der Waals surface area contributed by atoms with Gasteiger partial charge in [-0.15, -0.1) is 0 Å². The van der Waals surface area contributed by atoms with Crippen molar-refractivity contribution >= 4 is 19.9 Å². The SMILES string of the molecule is CCOP(=O)(OCC)Oc1cc(C[C@H](NC(=O)OC(C)(C)C)C(=O)O)ccc1O. The number of rotatable bonds is 10. The van der Waals surface area contributed by atoms with Crippen molar-refractivity contribution in [2.45, 2.75) is 52.7 Å². The highest BCUT2D eigenvalue weighted by Gasteiger charge is 2.29. The summed E-state index contributed by atoms with van der Waals surface area (Å²) in [5.41, 5.74) is -0.396. The summed E-state index contributed by atoms with van der Waals surface area (Å²) in [6.45, 7) is 8.27. The lowest BCUT2D eigenvalue weighted by Crippen LogP contribution is -2.44. The Labute approximate surface area is 169 Å². The Morgan fingerprint density at radius 3 is 2.24 bits per heavy atom. The molecule has 0 aliphatic rings. The Hall–Kier alpha value is -2.29. The molecule has 0 saturated carbocycles. The lowest BCUT2D eigenvalue weighted by Gasteiger charge is -2.22. The number of phenolic OH excluding ortho intramolecular Hbond substituents is 1. The van der Waals surface area contributed by atoms with Gasteiger partial charge in [0.05, 0.1) is 13.2 Å². The molecule has 10 nitrogen and oxygen atoms in total. The minimum Gasteiger partial charge on any atom is -0.504 e. The number of alkyl carbamates (subject to hydrolysis) is 1. The van der Waals surface area contributed by atoms with Crippen LogP contribution in [-0.4, -0.2) is 47.1 Å². The molecule has 0 heterocycles. The summed E-state index contributed by atoms with van der Waals surface area (Å²) in [7, 11) is -3.95. The van der Waals surface area contributed by atoms with Gasteiger partial charge in [-0.05, 0) is 52.3 Å². The van der Waals surface area contributed by atoms with E-state index in [4.69, 9.17) is 18.3 Å². The number of aromatic hydroxyl groups is 1. The van der Waals surface area contributed by atoms with Crippen LogP contribution in [0, 0.1) is 0 Å². The predicted molar refractivity (Wildman–Crippen MR) is 104 cm³/mol. The molecule has 0 aromatic heterocycles. The van der Waals surface area contributed by atoms with Crippen LogP contribution in [0.1, 0.15) is 40.2 Å². The lowest BCUT2D eigenvalue weighted by molar-refractivity contribution is -0.139. The Morgan fingerprint density at radius 1 is 1.17 bits per heavy atom. The van der Waals surface area contributed by atoms with Gasteiger partial charge in [0.2, 0.25) is 0 Å². The van der Waals surface area contributed by atoms with Crippen LogP contribution in [0.4, 0.5) is 4.79 Å². The summed E-state index contributed by atoms with van der Waals surface area (Å²) >= 11 is 0. The van der Waals surface area contributed by atoms with Crippen molar-refractivity contribution in [3.05, 3.63) is 23.8 Å². The monoisotopic (exact) mass is 433 g/mol. The van der Waals surface area contributed by atoms with Gasteiger partial charge >= 0.3 is 19.9 Å². The second-order valence-corrected chi connectivity index (χ2v) is 8.51. The molecule has 0 bridgehead atoms. The van der Waals surface area contributed by atoms with Crippen LogP contribution in [0.2, 0.25) is 0 Å². The molecule has 29 heavy (non-hydrogen) atoms. The average molecular weight is 433 g/mol. The number of carboxylic acid groups (broad SMARTS) is 1. The highest BCUT2D eigenvalue weighted by atomic mass is 31.2. The van der Waals surface area contributed by atoms with Gasteiger partial charge in [-0.2, -0.15) is 0 Å². The van der Waals surface area contributed by atoms with Gasteiger partial charge in [0, 0.05) is 6.42 Å². The second kappa shape index (κ2) is 10.5. The predicted octanol–water partition coefficient (Wildman–Crippen LogP) is 3.47. The first kappa shape index (κ1) is 24.7. The lowest BCUT2D eigenvalue weighted by atomic mass is 10.1. The molecule has 164 valence electrons. The molecule has 0 spiro atoms. The molecule has 1 amide bonds. The van der Waals surface area contributed by atoms with Gasteiger partial charge in [-0.3, -0.25) is 9.05 Å². The number of phenols is 1. The molecule has 1 rings (SSSR count). The van der Waals surface area contributed by atoms with E-state index >= 15 is 0 Å². The summed E-state index contributed by atoms with van der Waals surface area (Å²) in [6, 6.07) is 2.69. The van der Waals surface area contributed by atoms with E-state index in [2.05, 4.69) is 5.32 Å². The molecular formula is C18H28NO9P. The minimum atomic E-state index is -3.95. The van der Waals surface area contributed by atoms with E-state index in [0.717, 1.165) is 0 Å². The largest absolute Gasteiger partial charge is 0.530 e. The highest BCUT2D eigenvalue weighted by molar-refractivity contribution is 7.48. The van der Waals surface area contributed by atoms with Gasteiger partial charge in [0.25, 0.3) is 0 Å². The van der Waals surface area contributed by atoms with Gasteiger partial charge in [-0.25, -0.2) is 14.2 Å². The van der Waals surface area contributed by atoms with Gasteiger partial charge in [0.15, 0.2) is 11.5 Å². The van der Waals surface area contributed by atoms with Crippen molar-refractivity contribution in [1.29, 1.82) is 0 Å². The molecule has 11 heteroatoms. The highest BCUT2D eigenvalue weighted by Crippen LogP contribution is 2.51. The third-order valence-electron chi connectivity index (χ3n) is 3.24. The minimum absolute atomic E-state index is 0.0542. The van der Waals surface area contributed by atoms with E-state index in [1.807, 2.05) is 0 Å². The van der Waals surface area contributed by atoms with Crippen LogP contribution < -0.4 is 9.84 Å². The van der Waals surface area contributed by atoms with Crippen molar-refractivity contribution < 1.29 is 42.7 Å². The Bertz CT molecular complexity index is 750. The number of carbonyl (C=O) groups excluding carboxylic acids is 1. The first-order valence-electron chi connectivity index (χ1n) is 9.02. The summed E-state index contributed by atoms with van der Waals surface area (Å²) in [6.07, 6.45) is -1.02. The molecule has 0 unspecified atom stereocenters. The fraction of sp³-hybridized carbons (Fsp3) is 0.556. The Morgan fingerprint density at radius 2 is 1.76 bits per heavy atom. The smallest absolute Gasteiger partial charge is 0.504 e.